The molecule has 2 rings (SSSR count). The number of rotatable bonds is 12. The number of methoxy groups -OCH3 is 1. The van der Waals surface area contributed by atoms with E-state index < -0.39 is 0 Å². The minimum absolute atomic E-state index is 0.151. The van der Waals surface area contributed by atoms with E-state index in [0.29, 0.717) is 36.2 Å². The maximum Gasteiger partial charge on any atom is 0.163 e. The van der Waals surface area contributed by atoms with Gasteiger partial charge in [0.15, 0.2) is 11.5 Å². The molecular weight excluding hydrogens is 371 g/mol. The Morgan fingerprint density at radius 1 is 1.04 bits per heavy atom. The molecule has 0 fully saturated rings. The third-order valence-corrected chi connectivity index (χ3v) is 4.30. The summed E-state index contributed by atoms with van der Waals surface area (Å²) in [4.78, 5) is 0. The zero-order chi connectivity index (χ0) is 19.5. The number of ether oxygens (including phenoxy) is 2. The van der Waals surface area contributed by atoms with Crippen LogP contribution in [0.15, 0.2) is 36.4 Å². The minimum atomic E-state index is -0.277. The number of aliphatic hydroxyl groups excluding tert-OH is 1. The van der Waals surface area contributed by atoms with Crippen LogP contribution in [0, 0.1) is 5.82 Å². The molecule has 0 aliphatic heterocycles. The predicted octanol–water partition coefficient (Wildman–Crippen LogP) is 3.13. The summed E-state index contributed by atoms with van der Waals surface area (Å²) < 4.78 is 24.2. The first kappa shape index (κ1) is 21.4. The average Bonchev–Trinajstić information content (AvgIpc) is 2.68. The van der Waals surface area contributed by atoms with Gasteiger partial charge < -0.3 is 25.2 Å². The number of hydrogen-bond acceptors (Lipinski definition) is 5. The summed E-state index contributed by atoms with van der Waals surface area (Å²) >= 11 is 6.38. The van der Waals surface area contributed by atoms with Crippen LogP contribution in [-0.4, -0.2) is 38.5 Å². The van der Waals surface area contributed by atoms with Gasteiger partial charge in [-0.05, 0) is 48.8 Å². The van der Waals surface area contributed by atoms with Gasteiger partial charge in [0, 0.05) is 24.2 Å². The van der Waals surface area contributed by atoms with E-state index in [0.717, 1.165) is 30.6 Å². The number of aliphatic hydroxyl groups is 1. The van der Waals surface area contributed by atoms with Crippen LogP contribution in [-0.2, 0) is 13.2 Å². The van der Waals surface area contributed by atoms with Gasteiger partial charge in [-0.2, -0.15) is 0 Å². The Hall–Kier alpha value is -1.86. The largest absolute Gasteiger partial charge is 0.493 e. The second kappa shape index (κ2) is 11.8. The van der Waals surface area contributed by atoms with Crippen LogP contribution in [0.25, 0.3) is 0 Å². The number of benzene rings is 2. The van der Waals surface area contributed by atoms with Crippen molar-refractivity contribution in [3.63, 3.8) is 0 Å². The third kappa shape index (κ3) is 7.34. The highest BCUT2D eigenvalue weighted by molar-refractivity contribution is 6.31. The monoisotopic (exact) mass is 396 g/mol. The Balaban J connectivity index is 1.88. The average molecular weight is 397 g/mol. The van der Waals surface area contributed by atoms with Crippen molar-refractivity contribution in [1.82, 2.24) is 10.6 Å². The normalized spacial score (nSPS) is 10.8. The van der Waals surface area contributed by atoms with Gasteiger partial charge in [-0.3, -0.25) is 0 Å². The quantitative estimate of drug-likeness (QED) is 0.481. The number of halogens is 2. The summed E-state index contributed by atoms with van der Waals surface area (Å²) in [5.74, 6) is 0.868. The Labute approximate surface area is 164 Å². The molecule has 0 aromatic heterocycles. The molecule has 0 saturated carbocycles. The van der Waals surface area contributed by atoms with Crippen LogP contribution < -0.4 is 20.1 Å². The molecule has 148 valence electrons. The van der Waals surface area contributed by atoms with Crippen molar-refractivity contribution in [3.05, 3.63) is 58.4 Å². The van der Waals surface area contributed by atoms with Crippen molar-refractivity contribution < 1.29 is 19.0 Å². The highest BCUT2D eigenvalue weighted by atomic mass is 35.5. The molecule has 3 N–H and O–H groups in total. The lowest BCUT2D eigenvalue weighted by Crippen LogP contribution is -2.24. The van der Waals surface area contributed by atoms with Crippen LogP contribution in [0.4, 0.5) is 4.39 Å². The van der Waals surface area contributed by atoms with Crippen LogP contribution >= 0.6 is 11.6 Å². The van der Waals surface area contributed by atoms with Crippen molar-refractivity contribution in [2.75, 3.05) is 33.4 Å². The molecule has 7 heteroatoms. The molecule has 0 unspecified atom stereocenters. The molecule has 0 radical (unpaired) electrons. The summed E-state index contributed by atoms with van der Waals surface area (Å²) in [5.41, 5.74) is 1.78. The molecular formula is C20H26ClFN2O3. The number of nitrogens with one attached hydrogen (secondary N) is 2. The van der Waals surface area contributed by atoms with Gasteiger partial charge in [0.1, 0.15) is 12.4 Å². The maximum atomic E-state index is 13.0. The Morgan fingerprint density at radius 2 is 1.78 bits per heavy atom. The first-order valence-corrected chi connectivity index (χ1v) is 9.27. The maximum absolute atomic E-state index is 13.0. The second-order valence-corrected chi connectivity index (χ2v) is 6.42. The second-order valence-electron chi connectivity index (χ2n) is 6.01. The Morgan fingerprint density at radius 3 is 2.48 bits per heavy atom. The fourth-order valence-electron chi connectivity index (χ4n) is 2.49. The van der Waals surface area contributed by atoms with E-state index in [1.165, 1.54) is 12.1 Å². The fourth-order valence-corrected chi connectivity index (χ4v) is 2.71. The highest BCUT2D eigenvalue weighted by Gasteiger charge is 2.11. The van der Waals surface area contributed by atoms with Crippen molar-refractivity contribution in [2.45, 2.75) is 19.6 Å². The standard InChI is InChI=1S/C20H26ClFN2O3/c1-26-19-11-16(13-24-8-2-7-23-9-10-25)18(21)12-20(19)27-14-15-3-5-17(22)6-4-15/h3-6,11-12,23-25H,2,7-10,13-14H2,1H3. The molecule has 5 nitrogen and oxygen atoms in total. The van der Waals surface area contributed by atoms with Crippen molar-refractivity contribution in [2.24, 2.45) is 0 Å². The summed E-state index contributed by atoms with van der Waals surface area (Å²) in [6.07, 6.45) is 0.952. The minimum Gasteiger partial charge on any atom is -0.493 e. The van der Waals surface area contributed by atoms with E-state index in [2.05, 4.69) is 10.6 Å². The van der Waals surface area contributed by atoms with Crippen molar-refractivity contribution >= 4 is 11.6 Å². The molecule has 0 heterocycles. The highest BCUT2D eigenvalue weighted by Crippen LogP contribution is 2.34. The topological polar surface area (TPSA) is 62.8 Å². The summed E-state index contributed by atoms with van der Waals surface area (Å²) in [7, 11) is 1.58. The zero-order valence-electron chi connectivity index (χ0n) is 15.4. The van der Waals surface area contributed by atoms with E-state index in [4.69, 9.17) is 26.2 Å². The molecule has 0 atom stereocenters. The lowest BCUT2D eigenvalue weighted by atomic mass is 10.2. The van der Waals surface area contributed by atoms with Gasteiger partial charge in [-0.25, -0.2) is 4.39 Å². The SMILES string of the molecule is COc1cc(CNCCCNCCO)c(Cl)cc1OCc1ccc(F)cc1. The predicted molar refractivity (Wildman–Crippen MR) is 105 cm³/mol. The molecule has 0 aliphatic rings. The molecule has 2 aromatic carbocycles. The summed E-state index contributed by atoms with van der Waals surface area (Å²) in [6, 6.07) is 9.76. The third-order valence-electron chi connectivity index (χ3n) is 3.95. The molecule has 0 aliphatic carbocycles. The molecule has 0 saturated heterocycles. The van der Waals surface area contributed by atoms with Gasteiger partial charge in [0.05, 0.1) is 13.7 Å². The van der Waals surface area contributed by atoms with Gasteiger partial charge >= 0.3 is 0 Å². The lowest BCUT2D eigenvalue weighted by Gasteiger charge is -2.14. The van der Waals surface area contributed by atoms with E-state index in [1.54, 1.807) is 25.3 Å². The molecule has 0 bridgehead atoms. The van der Waals surface area contributed by atoms with Gasteiger partial charge in [-0.1, -0.05) is 23.7 Å². The van der Waals surface area contributed by atoms with Crippen LogP contribution in [0.1, 0.15) is 17.5 Å². The van der Waals surface area contributed by atoms with Crippen LogP contribution in [0.2, 0.25) is 5.02 Å². The molecule has 2 aromatic rings. The smallest absolute Gasteiger partial charge is 0.163 e. The molecule has 0 spiro atoms. The van der Waals surface area contributed by atoms with Gasteiger partial charge in [-0.15, -0.1) is 0 Å². The first-order chi connectivity index (χ1) is 13.1. The molecule has 0 amide bonds. The van der Waals surface area contributed by atoms with Gasteiger partial charge in [0.2, 0.25) is 0 Å². The zero-order valence-corrected chi connectivity index (χ0v) is 16.2. The van der Waals surface area contributed by atoms with E-state index >= 15 is 0 Å². The van der Waals surface area contributed by atoms with Gasteiger partial charge in [0.25, 0.3) is 0 Å². The lowest BCUT2D eigenvalue weighted by molar-refractivity contribution is 0.284. The summed E-state index contributed by atoms with van der Waals surface area (Å²) in [5, 5.41) is 15.8. The van der Waals surface area contributed by atoms with Crippen LogP contribution in [0.3, 0.4) is 0 Å². The number of hydrogen-bond donors (Lipinski definition) is 3. The van der Waals surface area contributed by atoms with E-state index in [-0.39, 0.29) is 12.4 Å². The van der Waals surface area contributed by atoms with Crippen molar-refractivity contribution in [1.29, 1.82) is 0 Å². The van der Waals surface area contributed by atoms with Crippen LogP contribution in [0.5, 0.6) is 11.5 Å². The fraction of sp³-hybridized carbons (Fsp3) is 0.400. The summed E-state index contributed by atoms with van der Waals surface area (Å²) in [6.45, 7) is 3.36. The Bertz CT molecular complexity index is 698. The van der Waals surface area contributed by atoms with Crippen molar-refractivity contribution in [3.8, 4) is 11.5 Å². The first-order valence-electron chi connectivity index (χ1n) is 8.90. The van der Waals surface area contributed by atoms with E-state index in [9.17, 15) is 4.39 Å². The Kier molecular flexibility index (Phi) is 9.35. The van der Waals surface area contributed by atoms with E-state index in [1.807, 2.05) is 6.07 Å². The molecule has 27 heavy (non-hydrogen) atoms.